The van der Waals surface area contributed by atoms with Crippen LogP contribution in [0.15, 0.2) is 0 Å². The minimum Gasteiger partial charge on any atom is -0.0746 e. The monoisotopic (exact) mass is 97.9 g/mol. The third kappa shape index (κ3) is 0.0965. The van der Waals surface area contributed by atoms with Crippen LogP contribution in [0.5, 0.6) is 0 Å². The first-order chi connectivity index (χ1) is 1.97. The van der Waals surface area contributed by atoms with Gasteiger partial charge in [-0.15, -0.1) is 0 Å². The molecule has 0 amide bonds. The Balaban J connectivity index is 2.48. The summed E-state index contributed by atoms with van der Waals surface area (Å²) in [7, 11) is 2.94. The van der Waals surface area contributed by atoms with Crippen LogP contribution in [0, 0.1) is 0 Å². The molecule has 0 atom stereocenters. The Hall–Kier alpha value is 0.651. The van der Waals surface area contributed by atoms with Crippen molar-refractivity contribution < 1.29 is 0 Å². The molecule has 2 aliphatic heterocycles. The van der Waals surface area contributed by atoms with Crippen molar-refractivity contribution in [2.24, 2.45) is 0 Å². The van der Waals surface area contributed by atoms with E-state index in [0.29, 0.717) is 15.7 Å². The first-order valence-corrected chi connectivity index (χ1v) is 8.87. The summed E-state index contributed by atoms with van der Waals surface area (Å²) in [4.78, 5) is 0. The topological polar surface area (TPSA) is 0 Å². The van der Waals surface area contributed by atoms with Gasteiger partial charge in [0, 0.05) is 24.2 Å². The van der Waals surface area contributed by atoms with Crippen LogP contribution in [0.1, 0.15) is 0 Å². The lowest BCUT2D eigenvalue weighted by Gasteiger charge is -1.58. The fraction of sp³-hybridized carbons (Fsp3) is 1.00. The van der Waals surface area contributed by atoms with Gasteiger partial charge in [-0.25, -0.2) is 0 Å². The molecule has 2 rings (SSSR count). The van der Waals surface area contributed by atoms with Crippen molar-refractivity contribution in [2.75, 3.05) is 0 Å². The largest absolute Gasteiger partial charge is 0.0746 e. The second kappa shape index (κ2) is 0.343. The van der Waals surface area contributed by atoms with Gasteiger partial charge in [-0.05, 0) is 0 Å². The van der Waals surface area contributed by atoms with Crippen LogP contribution in [0.25, 0.3) is 0 Å². The summed E-state index contributed by atoms with van der Waals surface area (Å²) < 4.78 is 0. The molecule has 0 aliphatic carbocycles. The second-order valence-corrected chi connectivity index (χ2v) is 18.1. The van der Waals surface area contributed by atoms with Crippen LogP contribution in [-0.2, 0) is 0 Å². The number of fused-ring (bicyclic) bond motifs is 1. The van der Waals surface area contributed by atoms with E-state index >= 15 is 0 Å². The third-order valence-corrected chi connectivity index (χ3v) is 19.3. The fourth-order valence-electron chi connectivity index (χ4n) is 0.265. The molecule has 4 heavy (non-hydrogen) atoms. The van der Waals surface area contributed by atoms with E-state index < -0.39 is 0 Å². The predicted molar refractivity (Wildman–Crippen MR) is 22.1 cm³/mol. The Kier molecular flexibility index (Phi) is 0.166. The molecule has 0 aromatic carbocycles. The van der Waals surface area contributed by atoms with Gasteiger partial charge in [0.05, 0.1) is 0 Å². The molecule has 2 aliphatic rings. The highest BCUT2D eigenvalue weighted by Crippen LogP contribution is 2.31. The van der Waals surface area contributed by atoms with Crippen LogP contribution in [0.4, 0.5) is 0 Å². The molecule has 3 heteroatoms. The molecule has 2 heterocycles. The van der Waals surface area contributed by atoms with Gasteiger partial charge in [0.1, 0.15) is 0 Å². The Morgan fingerprint density at radius 1 is 1.50 bits per heavy atom. The average molecular weight is 98.3 g/mol. The summed E-state index contributed by atoms with van der Waals surface area (Å²) >= 11 is 0. The van der Waals surface area contributed by atoms with E-state index in [1.165, 1.54) is 0 Å². The maximum Gasteiger partial charge on any atom is 0.0146 e. The van der Waals surface area contributed by atoms with Crippen molar-refractivity contribution in [1.82, 2.24) is 0 Å². The Morgan fingerprint density at radius 2 is 1.75 bits per heavy atom. The first kappa shape index (κ1) is 1.94. The molecular weight excluding hydrogens is 96.3 g/mol. The van der Waals surface area contributed by atoms with E-state index in [-0.39, 0.29) is 0 Å². The quantitative estimate of drug-likeness (QED) is 0.352. The minimum atomic E-state index is 0.667. The van der Waals surface area contributed by atoms with Crippen molar-refractivity contribution in [3.05, 3.63) is 0 Å². The Bertz CT molecular complexity index is 39.2. The summed E-state index contributed by atoms with van der Waals surface area (Å²) in [6, 6.07) is 0. The molecule has 2 saturated heterocycles. The van der Waals surface area contributed by atoms with Crippen molar-refractivity contribution in [1.29, 1.82) is 0 Å². The molecule has 0 bridgehead atoms. The molecule has 0 spiro atoms. The summed E-state index contributed by atoms with van der Waals surface area (Å²) in [5.41, 5.74) is 1.80. The Labute approximate surface area is 30.6 Å². The molecule has 4 radical (unpaired) electrons. The predicted octanol–water partition coefficient (Wildman–Crippen LogP) is -0.682. The summed E-state index contributed by atoms with van der Waals surface area (Å²) in [5.74, 6) is 0. The Morgan fingerprint density at radius 3 is 1.75 bits per heavy atom. The van der Waals surface area contributed by atoms with Crippen LogP contribution < -0.4 is 0 Å². The van der Waals surface area contributed by atoms with Crippen molar-refractivity contribution in [3.63, 3.8) is 0 Å². The van der Waals surface area contributed by atoms with Gasteiger partial charge in [-0.1, -0.05) is 5.67 Å². The van der Waals surface area contributed by atoms with Gasteiger partial charge in [0.2, 0.25) is 0 Å². The lowest BCUT2D eigenvalue weighted by Crippen LogP contribution is -1.79. The molecular formula is CH2Si3. The smallest absolute Gasteiger partial charge is 0.0146 e. The van der Waals surface area contributed by atoms with Crippen LogP contribution >= 0.6 is 0 Å². The molecule has 0 nitrogen and oxygen atoms in total. The maximum atomic E-state index is 1.80. The standard InChI is InChI=1S/CH2Si3/c1-3-2-4(1)3/h1H2. The highest BCUT2D eigenvalue weighted by molar-refractivity contribution is 8.01. The molecule has 0 saturated carbocycles. The lowest BCUT2D eigenvalue weighted by molar-refractivity contribution is 2.19. The van der Waals surface area contributed by atoms with E-state index in [1.807, 2.05) is 0 Å². The van der Waals surface area contributed by atoms with Crippen molar-refractivity contribution in [3.8, 4) is 0 Å². The van der Waals surface area contributed by atoms with E-state index in [9.17, 15) is 0 Å². The summed E-state index contributed by atoms with van der Waals surface area (Å²) in [6.45, 7) is 0. The zero-order valence-corrected chi connectivity index (χ0v) is 5.21. The second-order valence-electron chi connectivity index (χ2n) is 1.26. The van der Waals surface area contributed by atoms with Crippen molar-refractivity contribution in [2.45, 2.75) is 5.67 Å². The van der Waals surface area contributed by atoms with E-state index in [4.69, 9.17) is 0 Å². The van der Waals surface area contributed by atoms with E-state index in [2.05, 4.69) is 0 Å². The number of hydrogen-bond donors (Lipinski definition) is 0. The van der Waals surface area contributed by atoms with Crippen LogP contribution in [0.3, 0.4) is 0 Å². The highest BCUT2D eigenvalue weighted by atomic mass is 30.2. The van der Waals surface area contributed by atoms with Crippen LogP contribution in [0.2, 0.25) is 5.67 Å². The molecule has 0 aromatic heterocycles. The zero-order chi connectivity index (χ0) is 2.57. The van der Waals surface area contributed by atoms with Gasteiger partial charge in [0.15, 0.2) is 0 Å². The zero-order valence-electron chi connectivity index (χ0n) is 2.21. The molecule has 18 valence electrons. The highest BCUT2D eigenvalue weighted by Gasteiger charge is 2.56. The minimum absolute atomic E-state index is 0.667. The average Bonchev–Trinajstić information content (AvgIpc) is 1.36. The number of rotatable bonds is 0. The molecule has 0 unspecified atom stereocenters. The normalized spacial score (nSPS) is 39.0. The van der Waals surface area contributed by atoms with Crippen molar-refractivity contribution >= 4 is 24.2 Å². The number of hydrogen-bond acceptors (Lipinski definition) is 0. The van der Waals surface area contributed by atoms with Gasteiger partial charge in [-0.3, -0.25) is 0 Å². The summed E-state index contributed by atoms with van der Waals surface area (Å²) in [6.07, 6.45) is 0. The lowest BCUT2D eigenvalue weighted by atomic mass is 11.9. The van der Waals surface area contributed by atoms with Crippen LogP contribution in [-0.4, -0.2) is 24.2 Å². The molecule has 0 aromatic rings. The van der Waals surface area contributed by atoms with Gasteiger partial charge in [0.25, 0.3) is 0 Å². The fourth-order valence-corrected chi connectivity index (χ4v) is 16.7. The first-order valence-electron chi connectivity index (χ1n) is 1.46. The third-order valence-electron chi connectivity index (χ3n) is 0.832. The summed E-state index contributed by atoms with van der Waals surface area (Å²) in [5, 5.41) is 0. The van der Waals surface area contributed by atoms with Gasteiger partial charge in [-0.2, -0.15) is 0 Å². The SMILES string of the molecule is C1[Si]2[Si][Si]12. The molecule has 2 fully saturated rings. The van der Waals surface area contributed by atoms with E-state index in [1.54, 1.807) is 14.2 Å². The maximum absolute atomic E-state index is 1.80. The van der Waals surface area contributed by atoms with E-state index in [0.717, 1.165) is 0 Å². The van der Waals surface area contributed by atoms with Gasteiger partial charge < -0.3 is 0 Å². The van der Waals surface area contributed by atoms with Gasteiger partial charge >= 0.3 is 0 Å². The molecule has 0 N–H and O–H groups in total.